The van der Waals surface area contributed by atoms with E-state index >= 15 is 0 Å². The van der Waals surface area contributed by atoms with Gasteiger partial charge in [-0.2, -0.15) is 5.26 Å². The molecular formula is C19H25FN2O3. The Hall–Kier alpha value is -2.13. The second-order valence-corrected chi connectivity index (χ2v) is 7.62. The molecule has 0 aliphatic carbocycles. The fraction of sp³-hybridized carbons (Fsp3) is 0.579. The number of hydrogen-bond acceptors (Lipinski definition) is 4. The number of carbonyl (C=O) groups is 1. The molecule has 6 heteroatoms. The van der Waals surface area contributed by atoms with Crippen molar-refractivity contribution in [2.75, 3.05) is 13.1 Å². The number of nitriles is 1. The lowest BCUT2D eigenvalue weighted by atomic mass is 9.85. The number of hydrogen-bond donors (Lipinski definition) is 1. The van der Waals surface area contributed by atoms with E-state index in [1.54, 1.807) is 11.0 Å². The number of benzene rings is 1. The molecule has 136 valence electrons. The molecule has 1 amide bonds. The van der Waals surface area contributed by atoms with Gasteiger partial charge in [-0.15, -0.1) is 0 Å². The van der Waals surface area contributed by atoms with E-state index in [1.807, 2.05) is 26.8 Å². The summed E-state index contributed by atoms with van der Waals surface area (Å²) in [7, 11) is 0. The van der Waals surface area contributed by atoms with E-state index < -0.39 is 17.0 Å². The first-order valence-electron chi connectivity index (χ1n) is 8.51. The Labute approximate surface area is 148 Å². The molecule has 0 radical (unpaired) electrons. The molecular weight excluding hydrogens is 323 g/mol. The molecule has 1 aromatic rings. The highest BCUT2D eigenvalue weighted by atomic mass is 19.1. The van der Waals surface area contributed by atoms with E-state index in [2.05, 4.69) is 0 Å². The molecule has 25 heavy (non-hydrogen) atoms. The minimum absolute atomic E-state index is 0.0178. The molecule has 1 aliphatic rings. The highest BCUT2D eigenvalue weighted by molar-refractivity contribution is 5.68. The Bertz CT molecular complexity index is 668. The standard InChI is InChI=1S/C19H25FN2O3/c1-18(2,3)25-17(23)22-10-8-19(24,9-11-22)7-6-14-4-5-16(20)15(12-14)13-21/h4-5,12,24H,6-11H2,1-3H3. The van der Waals surface area contributed by atoms with E-state index in [9.17, 15) is 14.3 Å². The van der Waals surface area contributed by atoms with E-state index in [0.717, 1.165) is 5.56 Å². The van der Waals surface area contributed by atoms with Crippen molar-refractivity contribution in [3.05, 3.63) is 35.1 Å². The van der Waals surface area contributed by atoms with Gasteiger partial charge in [-0.3, -0.25) is 0 Å². The number of nitrogens with zero attached hydrogens (tertiary/aromatic N) is 2. The summed E-state index contributed by atoms with van der Waals surface area (Å²) < 4.78 is 18.7. The van der Waals surface area contributed by atoms with Crippen molar-refractivity contribution in [2.24, 2.45) is 0 Å². The molecule has 5 nitrogen and oxygen atoms in total. The molecule has 1 aliphatic heterocycles. The number of amides is 1. The number of likely N-dealkylation sites (tertiary alicyclic amines) is 1. The lowest BCUT2D eigenvalue weighted by molar-refractivity contribution is -0.0363. The van der Waals surface area contributed by atoms with Crippen molar-refractivity contribution in [2.45, 2.75) is 57.7 Å². The van der Waals surface area contributed by atoms with Crippen molar-refractivity contribution in [3.8, 4) is 6.07 Å². The van der Waals surface area contributed by atoms with Gasteiger partial charge in [0.2, 0.25) is 0 Å². The monoisotopic (exact) mass is 348 g/mol. The van der Waals surface area contributed by atoms with Crippen molar-refractivity contribution in [1.82, 2.24) is 4.90 Å². The van der Waals surface area contributed by atoms with Crippen molar-refractivity contribution in [3.63, 3.8) is 0 Å². The van der Waals surface area contributed by atoms with E-state index in [4.69, 9.17) is 10.00 Å². The predicted molar refractivity (Wildman–Crippen MR) is 91.4 cm³/mol. The van der Waals surface area contributed by atoms with Crippen molar-refractivity contribution in [1.29, 1.82) is 5.26 Å². The number of carbonyl (C=O) groups excluding carboxylic acids is 1. The zero-order valence-corrected chi connectivity index (χ0v) is 15.0. The lowest BCUT2D eigenvalue weighted by Crippen LogP contribution is -2.48. The van der Waals surface area contributed by atoms with Crippen LogP contribution in [0.3, 0.4) is 0 Å². The maximum atomic E-state index is 13.4. The lowest BCUT2D eigenvalue weighted by Gasteiger charge is -2.38. The van der Waals surface area contributed by atoms with Gasteiger partial charge in [0.05, 0.1) is 11.2 Å². The molecule has 1 heterocycles. The number of halogens is 1. The summed E-state index contributed by atoms with van der Waals surface area (Å²) >= 11 is 0. The second-order valence-electron chi connectivity index (χ2n) is 7.62. The van der Waals surface area contributed by atoms with Crippen LogP contribution in [0.2, 0.25) is 0 Å². The summed E-state index contributed by atoms with van der Waals surface area (Å²) in [5.74, 6) is -0.532. The van der Waals surface area contributed by atoms with Crippen LogP contribution < -0.4 is 0 Å². The maximum absolute atomic E-state index is 13.4. The van der Waals surface area contributed by atoms with E-state index in [1.165, 1.54) is 12.1 Å². The number of aryl methyl sites for hydroxylation is 1. The largest absolute Gasteiger partial charge is 0.444 e. The van der Waals surface area contributed by atoms with Crippen LogP contribution in [0.25, 0.3) is 0 Å². The smallest absolute Gasteiger partial charge is 0.410 e. The summed E-state index contributed by atoms with van der Waals surface area (Å²) in [5.41, 5.74) is -0.559. The fourth-order valence-electron chi connectivity index (χ4n) is 2.87. The Kier molecular flexibility index (Phi) is 5.69. The van der Waals surface area contributed by atoms with E-state index in [0.29, 0.717) is 38.8 Å². The Balaban J connectivity index is 1.88. The van der Waals surface area contributed by atoms with Gasteiger partial charge in [0, 0.05) is 13.1 Å². The molecule has 0 saturated carbocycles. The first kappa shape index (κ1) is 19.2. The zero-order chi connectivity index (χ0) is 18.7. The minimum Gasteiger partial charge on any atom is -0.444 e. The van der Waals surface area contributed by atoms with E-state index in [-0.39, 0.29) is 11.7 Å². The third kappa shape index (κ3) is 5.43. The molecule has 0 bridgehead atoms. The van der Waals surface area contributed by atoms with Gasteiger partial charge in [0.1, 0.15) is 17.5 Å². The van der Waals surface area contributed by atoms with Crippen LogP contribution in [0, 0.1) is 17.1 Å². The van der Waals surface area contributed by atoms with Crippen LogP contribution >= 0.6 is 0 Å². The number of aliphatic hydroxyl groups is 1. The zero-order valence-electron chi connectivity index (χ0n) is 15.0. The van der Waals surface area contributed by atoms with Crippen LogP contribution in [0.4, 0.5) is 9.18 Å². The topological polar surface area (TPSA) is 73.6 Å². The molecule has 0 unspecified atom stereocenters. The maximum Gasteiger partial charge on any atom is 0.410 e. The van der Waals surface area contributed by atoms with Gasteiger partial charge in [-0.25, -0.2) is 9.18 Å². The van der Waals surface area contributed by atoms with Crippen LogP contribution in [0.5, 0.6) is 0 Å². The van der Waals surface area contributed by atoms with Crippen LogP contribution in [0.1, 0.15) is 51.2 Å². The molecule has 2 rings (SSSR count). The van der Waals surface area contributed by atoms with Gasteiger partial charge in [0.15, 0.2) is 0 Å². The first-order valence-corrected chi connectivity index (χ1v) is 8.51. The number of ether oxygens (including phenoxy) is 1. The molecule has 1 saturated heterocycles. The van der Waals surface area contributed by atoms with Gasteiger partial charge in [-0.1, -0.05) is 6.07 Å². The average Bonchev–Trinajstić information content (AvgIpc) is 2.53. The average molecular weight is 348 g/mol. The van der Waals surface area contributed by atoms with Crippen LogP contribution in [0.15, 0.2) is 18.2 Å². The molecule has 1 N–H and O–H groups in total. The second kappa shape index (κ2) is 7.40. The predicted octanol–water partition coefficient (Wildman–Crippen LogP) is 3.39. The molecule has 1 aromatic carbocycles. The van der Waals surface area contributed by atoms with Crippen LogP contribution in [-0.2, 0) is 11.2 Å². The summed E-state index contributed by atoms with van der Waals surface area (Å²) in [6.07, 6.45) is 1.65. The normalized spacial score (nSPS) is 17.0. The summed E-state index contributed by atoms with van der Waals surface area (Å²) in [4.78, 5) is 13.7. The fourth-order valence-corrected chi connectivity index (χ4v) is 2.87. The molecule has 0 aromatic heterocycles. The number of piperidine rings is 1. The summed E-state index contributed by atoms with van der Waals surface area (Å²) in [5, 5.41) is 19.6. The Morgan fingerprint density at radius 2 is 2.04 bits per heavy atom. The van der Waals surface area contributed by atoms with Gasteiger partial charge in [0.25, 0.3) is 0 Å². The number of rotatable bonds is 3. The van der Waals surface area contributed by atoms with Crippen molar-refractivity contribution < 1.29 is 19.0 Å². The summed E-state index contributed by atoms with van der Waals surface area (Å²) in [6, 6.07) is 6.26. The minimum atomic E-state index is -0.861. The summed E-state index contributed by atoms with van der Waals surface area (Å²) in [6.45, 7) is 6.35. The van der Waals surface area contributed by atoms with Crippen molar-refractivity contribution >= 4 is 6.09 Å². The van der Waals surface area contributed by atoms with Gasteiger partial charge >= 0.3 is 6.09 Å². The first-order chi connectivity index (χ1) is 11.6. The third-order valence-corrected chi connectivity index (χ3v) is 4.38. The van der Waals surface area contributed by atoms with Crippen LogP contribution in [-0.4, -0.2) is 40.4 Å². The molecule has 0 spiro atoms. The molecule has 1 fully saturated rings. The third-order valence-electron chi connectivity index (χ3n) is 4.38. The highest BCUT2D eigenvalue weighted by Gasteiger charge is 2.35. The van der Waals surface area contributed by atoms with Gasteiger partial charge in [-0.05, 0) is 64.2 Å². The Morgan fingerprint density at radius 1 is 1.40 bits per heavy atom. The quantitative estimate of drug-likeness (QED) is 0.909. The Morgan fingerprint density at radius 3 is 2.60 bits per heavy atom. The highest BCUT2D eigenvalue weighted by Crippen LogP contribution is 2.28. The SMILES string of the molecule is CC(C)(C)OC(=O)N1CCC(O)(CCc2ccc(F)c(C#N)c2)CC1. The molecule has 0 atom stereocenters. The van der Waals surface area contributed by atoms with Gasteiger partial charge < -0.3 is 14.7 Å².